The number of hydrogen-bond acceptors (Lipinski definition) is 10. The van der Waals surface area contributed by atoms with E-state index in [-0.39, 0.29) is 19.4 Å². The highest BCUT2D eigenvalue weighted by Crippen LogP contribution is 2.26. The number of carbonyl (C=O) groups is 2. The molecule has 80 heavy (non-hydrogen) atoms. The average molecular weight is 1120 g/mol. The lowest BCUT2D eigenvalue weighted by Crippen LogP contribution is -2.61. The van der Waals surface area contributed by atoms with Crippen LogP contribution in [0.1, 0.15) is 278 Å². The number of allylic oxidation sites excluding steroid dienone is 13. The average Bonchev–Trinajstić information content (AvgIpc) is 3.46. The first kappa shape index (κ1) is 74.9. The highest BCUT2D eigenvalue weighted by Gasteiger charge is 2.47. The standard InChI is InChI=1S/C69H121NO10/c1-4-7-10-13-16-19-22-25-27-28-29-30-31-32-33-34-35-36-37-39-42-45-48-51-54-57-64(74)80-67-66(76)65(75)63(58-71)79-69(67)78-59-60(61(72)55-52-49-46-43-40-24-21-18-15-12-9-6-3)70-68(77)62(73)56-53-50-47-44-41-38-26-23-20-17-14-11-8-5-2/h7,10,16,19-20,23,25,27,29-30,32-33,52,55,60-63,65-67,69,71-73,75-76H,4-6,8-9,11-15,17-18,21-22,24,26,28,31,34-51,53-54,56-59H2,1-3H3,(H,70,77)/b10-7-,19-16-,23-20-,27-25-,30-29-,33-32-,55-52+. The first-order valence-corrected chi connectivity index (χ1v) is 32.9. The van der Waals surface area contributed by atoms with Crippen LogP contribution in [0.15, 0.2) is 85.1 Å². The van der Waals surface area contributed by atoms with Gasteiger partial charge in [0.25, 0.3) is 0 Å². The van der Waals surface area contributed by atoms with Crippen LogP contribution in [0.5, 0.6) is 0 Å². The van der Waals surface area contributed by atoms with E-state index in [0.29, 0.717) is 12.8 Å². The quantitative estimate of drug-likeness (QED) is 0.0195. The number of aliphatic hydroxyl groups is 5. The fourth-order valence-corrected chi connectivity index (χ4v) is 9.85. The Morgan fingerprint density at radius 3 is 1.38 bits per heavy atom. The number of amides is 1. The van der Waals surface area contributed by atoms with Gasteiger partial charge >= 0.3 is 5.97 Å². The van der Waals surface area contributed by atoms with Crippen molar-refractivity contribution in [3.63, 3.8) is 0 Å². The number of hydrogen-bond donors (Lipinski definition) is 6. The van der Waals surface area contributed by atoms with Gasteiger partial charge in [0, 0.05) is 6.42 Å². The van der Waals surface area contributed by atoms with Crippen LogP contribution in [0.25, 0.3) is 0 Å². The maximum absolute atomic E-state index is 13.4. The van der Waals surface area contributed by atoms with Gasteiger partial charge in [0.1, 0.15) is 24.4 Å². The molecule has 1 rings (SSSR count). The first-order valence-electron chi connectivity index (χ1n) is 32.9. The zero-order chi connectivity index (χ0) is 58.2. The molecule has 0 bridgehead atoms. The van der Waals surface area contributed by atoms with Gasteiger partial charge in [-0.1, -0.05) is 260 Å². The van der Waals surface area contributed by atoms with Gasteiger partial charge in [-0.3, -0.25) is 9.59 Å². The monoisotopic (exact) mass is 1120 g/mol. The van der Waals surface area contributed by atoms with Crippen molar-refractivity contribution in [2.24, 2.45) is 0 Å². The van der Waals surface area contributed by atoms with Crippen molar-refractivity contribution in [3.8, 4) is 0 Å². The summed E-state index contributed by atoms with van der Waals surface area (Å²) in [5.41, 5.74) is 0. The molecule has 0 aliphatic carbocycles. The van der Waals surface area contributed by atoms with E-state index in [1.54, 1.807) is 6.08 Å². The van der Waals surface area contributed by atoms with Crippen molar-refractivity contribution in [1.82, 2.24) is 5.32 Å². The second-order valence-electron chi connectivity index (χ2n) is 22.5. The molecule has 1 saturated heterocycles. The molecular weight excluding hydrogens is 1000 g/mol. The number of aliphatic hydroxyl groups excluding tert-OH is 5. The molecule has 0 aromatic heterocycles. The minimum atomic E-state index is -1.62. The van der Waals surface area contributed by atoms with Gasteiger partial charge < -0.3 is 45.1 Å². The highest BCUT2D eigenvalue weighted by molar-refractivity contribution is 5.80. The van der Waals surface area contributed by atoms with Gasteiger partial charge in [-0.05, 0) is 96.3 Å². The van der Waals surface area contributed by atoms with Crippen LogP contribution >= 0.6 is 0 Å². The summed E-state index contributed by atoms with van der Waals surface area (Å²) in [4.78, 5) is 26.6. The summed E-state index contributed by atoms with van der Waals surface area (Å²) in [6.45, 7) is 5.66. The lowest BCUT2D eigenvalue weighted by Gasteiger charge is -2.41. The molecule has 1 amide bonds. The molecule has 0 spiro atoms. The molecular formula is C69H121NO10. The van der Waals surface area contributed by atoms with Crippen LogP contribution in [0.4, 0.5) is 0 Å². The normalized spacial score (nSPS) is 19.3. The Morgan fingerprint density at radius 1 is 0.500 bits per heavy atom. The minimum Gasteiger partial charge on any atom is -0.454 e. The molecule has 0 aromatic rings. The summed E-state index contributed by atoms with van der Waals surface area (Å²) in [6, 6.07) is -1.03. The SMILES string of the molecule is CC/C=C\C/C=C\C/C=C\C/C=C\C/C=C\CCCCCCCCCCCC(=O)OC1C(OCC(NC(=O)C(O)CCCCCCCC/C=C\CCCCCC)C(O)/C=C/CCCCCCCCCCCC)OC(CO)C(O)C1O. The molecule has 1 aliphatic rings. The van der Waals surface area contributed by atoms with E-state index in [1.165, 1.54) is 116 Å². The van der Waals surface area contributed by atoms with E-state index in [4.69, 9.17) is 14.2 Å². The smallest absolute Gasteiger partial charge is 0.306 e. The van der Waals surface area contributed by atoms with Gasteiger partial charge in [0.05, 0.1) is 25.4 Å². The van der Waals surface area contributed by atoms with Crippen LogP contribution in [0, 0.1) is 0 Å². The summed E-state index contributed by atoms with van der Waals surface area (Å²) < 4.78 is 17.6. The van der Waals surface area contributed by atoms with Crippen molar-refractivity contribution >= 4 is 11.9 Å². The largest absolute Gasteiger partial charge is 0.454 e. The minimum absolute atomic E-state index is 0.112. The Morgan fingerprint density at radius 2 is 0.900 bits per heavy atom. The number of ether oxygens (including phenoxy) is 3. The number of unbranched alkanes of at least 4 members (excludes halogenated alkanes) is 29. The molecule has 11 nitrogen and oxygen atoms in total. The lowest BCUT2D eigenvalue weighted by molar-refractivity contribution is -0.305. The number of rotatable bonds is 55. The van der Waals surface area contributed by atoms with Crippen LogP contribution in [-0.4, -0.2) is 99.6 Å². The van der Waals surface area contributed by atoms with Gasteiger partial charge in [-0.15, -0.1) is 0 Å². The van der Waals surface area contributed by atoms with E-state index < -0.39 is 67.4 Å². The molecule has 1 aliphatic heterocycles. The van der Waals surface area contributed by atoms with Crippen molar-refractivity contribution in [2.45, 2.75) is 327 Å². The Labute approximate surface area is 489 Å². The van der Waals surface area contributed by atoms with Crippen molar-refractivity contribution in [2.75, 3.05) is 13.2 Å². The summed E-state index contributed by atoms with van der Waals surface area (Å²) in [5, 5.41) is 57.0. The maximum Gasteiger partial charge on any atom is 0.306 e. The summed E-state index contributed by atoms with van der Waals surface area (Å²) in [6.07, 6.45) is 63.3. The van der Waals surface area contributed by atoms with Crippen LogP contribution in [0.3, 0.4) is 0 Å². The number of nitrogens with one attached hydrogen (secondary N) is 1. The molecule has 0 aromatic carbocycles. The Kier molecular flexibility index (Phi) is 52.7. The molecule has 0 saturated carbocycles. The molecule has 8 atom stereocenters. The number of carbonyl (C=O) groups excluding carboxylic acids is 2. The van der Waals surface area contributed by atoms with E-state index in [9.17, 15) is 35.1 Å². The van der Waals surface area contributed by atoms with Crippen LogP contribution < -0.4 is 5.32 Å². The zero-order valence-electron chi connectivity index (χ0n) is 51.2. The Bertz CT molecular complexity index is 1620. The molecule has 6 N–H and O–H groups in total. The Balaban J connectivity index is 2.61. The van der Waals surface area contributed by atoms with Crippen molar-refractivity contribution in [3.05, 3.63) is 85.1 Å². The molecule has 1 fully saturated rings. The highest BCUT2D eigenvalue weighted by atomic mass is 16.7. The third-order valence-electron chi connectivity index (χ3n) is 15.0. The summed E-state index contributed by atoms with van der Waals surface area (Å²) in [5.74, 6) is -1.21. The number of esters is 1. The summed E-state index contributed by atoms with van der Waals surface area (Å²) >= 11 is 0. The van der Waals surface area contributed by atoms with Gasteiger partial charge in [0.2, 0.25) is 5.91 Å². The van der Waals surface area contributed by atoms with E-state index in [2.05, 4.69) is 99.0 Å². The maximum atomic E-state index is 13.4. The molecule has 0 radical (unpaired) electrons. The molecule has 11 heteroatoms. The molecule has 8 unspecified atom stereocenters. The zero-order valence-corrected chi connectivity index (χ0v) is 51.2. The second kappa shape index (κ2) is 56.3. The Hall–Kier alpha value is -3.16. The predicted molar refractivity (Wildman–Crippen MR) is 333 cm³/mol. The fraction of sp³-hybridized carbons (Fsp3) is 0.768. The van der Waals surface area contributed by atoms with Gasteiger partial charge in [-0.2, -0.15) is 0 Å². The van der Waals surface area contributed by atoms with E-state index in [1.807, 2.05) is 6.08 Å². The predicted octanol–water partition coefficient (Wildman–Crippen LogP) is 16.1. The van der Waals surface area contributed by atoms with Crippen LogP contribution in [-0.2, 0) is 23.8 Å². The van der Waals surface area contributed by atoms with Gasteiger partial charge in [0.15, 0.2) is 12.4 Å². The van der Waals surface area contributed by atoms with E-state index in [0.717, 1.165) is 116 Å². The fourth-order valence-electron chi connectivity index (χ4n) is 9.85. The van der Waals surface area contributed by atoms with E-state index >= 15 is 0 Å². The van der Waals surface area contributed by atoms with Crippen LogP contribution in [0.2, 0.25) is 0 Å². The lowest BCUT2D eigenvalue weighted by atomic mass is 9.99. The van der Waals surface area contributed by atoms with Crippen molar-refractivity contribution in [1.29, 1.82) is 0 Å². The third-order valence-corrected chi connectivity index (χ3v) is 15.0. The second-order valence-corrected chi connectivity index (χ2v) is 22.5. The first-order chi connectivity index (χ1) is 39.2. The van der Waals surface area contributed by atoms with Gasteiger partial charge in [-0.25, -0.2) is 0 Å². The van der Waals surface area contributed by atoms with Crippen molar-refractivity contribution < 1.29 is 49.3 Å². The molecule has 462 valence electrons. The summed E-state index contributed by atoms with van der Waals surface area (Å²) in [7, 11) is 0. The third kappa shape index (κ3) is 43.5. The topological polar surface area (TPSA) is 175 Å². The molecule has 1 heterocycles.